The Morgan fingerprint density at radius 3 is 2.33 bits per heavy atom. The number of ether oxygens (including phenoxy) is 1. The number of unbranched alkanes of at least 4 members (excludes halogenated alkanes) is 2. The number of aromatic nitrogens is 1. The Balaban J connectivity index is 0.775. The standard InChI is InChI=1S/C40H43ClN8O6/c1-42-33-9-5-27(23-32(33)41)47-16-13-26(14-17-47)37(51)44-35-11-6-28(25-43-35)48-20-18-46(19-21-48)15-3-2-4-22-55-29-7-8-30-31(24-29)40(54)49(39(30)53)34-10-12-36(50)45-38(34)52/h5-9,11,23-26,34H,2-4,10,12-22H2,(H,43,44,51)(H,45,50,52). The molecule has 2 N–H and O–H groups in total. The summed E-state index contributed by atoms with van der Waals surface area (Å²) in [4.78, 5) is 78.7. The predicted octanol–water partition coefficient (Wildman–Crippen LogP) is 4.91. The molecular weight excluding hydrogens is 724 g/mol. The number of fused-ring (bicyclic) bond motifs is 1. The van der Waals surface area contributed by atoms with Crippen LogP contribution in [0.1, 0.15) is 65.7 Å². The number of nitrogens with one attached hydrogen (secondary N) is 2. The first kappa shape index (κ1) is 37.8. The summed E-state index contributed by atoms with van der Waals surface area (Å²) in [7, 11) is 0. The number of pyridine rings is 1. The molecule has 1 atom stereocenters. The van der Waals surface area contributed by atoms with Crippen LogP contribution in [-0.4, -0.2) is 103 Å². The topological polar surface area (TPSA) is 149 Å². The Morgan fingerprint density at radius 1 is 0.873 bits per heavy atom. The number of rotatable bonds is 12. The minimum Gasteiger partial charge on any atom is -0.494 e. The van der Waals surface area contributed by atoms with E-state index in [0.717, 1.165) is 94.2 Å². The number of hydrogen-bond acceptors (Lipinski definition) is 10. The summed E-state index contributed by atoms with van der Waals surface area (Å²) in [6.07, 6.45) is 6.32. The normalized spacial score (nSPS) is 19.3. The fraction of sp³-hybridized carbons (Fsp3) is 0.425. The lowest BCUT2D eigenvalue weighted by Crippen LogP contribution is -2.54. The highest BCUT2D eigenvalue weighted by Gasteiger charge is 2.44. The fourth-order valence-corrected chi connectivity index (χ4v) is 7.85. The third-order valence-electron chi connectivity index (χ3n) is 10.8. The van der Waals surface area contributed by atoms with Gasteiger partial charge in [0, 0.05) is 62.3 Å². The lowest BCUT2D eigenvalue weighted by atomic mass is 9.95. The van der Waals surface area contributed by atoms with Crippen molar-refractivity contribution in [1.29, 1.82) is 0 Å². The van der Waals surface area contributed by atoms with Crippen LogP contribution in [0.3, 0.4) is 0 Å². The van der Waals surface area contributed by atoms with E-state index < -0.39 is 29.7 Å². The number of hydrogen-bond donors (Lipinski definition) is 2. The molecule has 7 rings (SSSR count). The van der Waals surface area contributed by atoms with Crippen LogP contribution in [-0.2, 0) is 14.4 Å². The van der Waals surface area contributed by atoms with Gasteiger partial charge in [0.05, 0.1) is 36.2 Å². The summed E-state index contributed by atoms with van der Waals surface area (Å²) < 4.78 is 5.91. The molecule has 0 saturated carbocycles. The molecule has 1 aromatic heterocycles. The maximum absolute atomic E-state index is 13.1. The molecule has 0 spiro atoms. The minimum absolute atomic E-state index is 0.0149. The van der Waals surface area contributed by atoms with Gasteiger partial charge in [0.1, 0.15) is 17.6 Å². The molecule has 5 amide bonds. The van der Waals surface area contributed by atoms with Gasteiger partial charge in [-0.3, -0.25) is 39.1 Å². The number of halogens is 1. The van der Waals surface area contributed by atoms with Crippen LogP contribution in [0.15, 0.2) is 54.7 Å². The van der Waals surface area contributed by atoms with Gasteiger partial charge in [0.25, 0.3) is 11.8 Å². The number of anilines is 3. The number of carbonyl (C=O) groups is 5. The zero-order chi connectivity index (χ0) is 38.5. The highest BCUT2D eigenvalue weighted by atomic mass is 35.5. The van der Waals surface area contributed by atoms with Crippen molar-refractivity contribution < 1.29 is 28.7 Å². The van der Waals surface area contributed by atoms with E-state index in [9.17, 15) is 24.0 Å². The number of amides is 5. The molecule has 4 aliphatic heterocycles. The summed E-state index contributed by atoms with van der Waals surface area (Å²) >= 11 is 6.22. The molecule has 4 aliphatic rings. The van der Waals surface area contributed by atoms with E-state index in [0.29, 0.717) is 28.9 Å². The summed E-state index contributed by atoms with van der Waals surface area (Å²) in [5.74, 6) is -1.18. The van der Waals surface area contributed by atoms with Gasteiger partial charge >= 0.3 is 0 Å². The lowest BCUT2D eigenvalue weighted by Gasteiger charge is -2.36. The summed E-state index contributed by atoms with van der Waals surface area (Å²) in [6.45, 7) is 13.8. The van der Waals surface area contributed by atoms with Gasteiger partial charge in [-0.15, -0.1) is 0 Å². The molecule has 3 fully saturated rings. The van der Waals surface area contributed by atoms with Crippen molar-refractivity contribution in [1.82, 2.24) is 20.1 Å². The molecule has 5 heterocycles. The van der Waals surface area contributed by atoms with Gasteiger partial charge in [0.2, 0.25) is 23.4 Å². The summed E-state index contributed by atoms with van der Waals surface area (Å²) in [5, 5.41) is 5.65. The monoisotopic (exact) mass is 766 g/mol. The molecule has 3 saturated heterocycles. The first-order valence-corrected chi connectivity index (χ1v) is 19.2. The maximum atomic E-state index is 13.1. The molecule has 3 aromatic rings. The van der Waals surface area contributed by atoms with Gasteiger partial charge in [-0.05, 0) is 87.5 Å². The molecule has 55 heavy (non-hydrogen) atoms. The van der Waals surface area contributed by atoms with Crippen LogP contribution in [0.5, 0.6) is 5.75 Å². The van der Waals surface area contributed by atoms with Crippen molar-refractivity contribution >= 4 is 64.0 Å². The molecule has 15 heteroatoms. The second-order valence-electron chi connectivity index (χ2n) is 14.3. The van der Waals surface area contributed by atoms with Crippen molar-refractivity contribution in [2.45, 2.75) is 51.0 Å². The molecule has 286 valence electrons. The van der Waals surface area contributed by atoms with E-state index in [1.54, 1.807) is 24.3 Å². The second kappa shape index (κ2) is 16.9. The van der Waals surface area contributed by atoms with Crippen molar-refractivity contribution in [3.63, 3.8) is 0 Å². The van der Waals surface area contributed by atoms with Gasteiger partial charge in [0.15, 0.2) is 0 Å². The Hall–Kier alpha value is -5.52. The number of piperidine rings is 2. The Morgan fingerprint density at radius 2 is 1.62 bits per heavy atom. The molecule has 14 nitrogen and oxygen atoms in total. The van der Waals surface area contributed by atoms with Crippen molar-refractivity contribution in [2.24, 2.45) is 5.92 Å². The quantitative estimate of drug-likeness (QED) is 0.148. The maximum Gasteiger partial charge on any atom is 0.262 e. The van der Waals surface area contributed by atoms with Crippen LogP contribution < -0.4 is 25.2 Å². The van der Waals surface area contributed by atoms with E-state index in [1.165, 1.54) is 0 Å². The average Bonchev–Trinajstić information content (AvgIpc) is 3.44. The van der Waals surface area contributed by atoms with Crippen molar-refractivity contribution in [3.8, 4) is 5.75 Å². The second-order valence-corrected chi connectivity index (χ2v) is 14.7. The molecule has 0 bridgehead atoms. The number of imide groups is 2. The Kier molecular flexibility index (Phi) is 11.6. The SMILES string of the molecule is [C-]#[N+]c1ccc(N2CCC(C(=O)Nc3ccc(N4CCN(CCCCCOc5ccc6c(c5)C(=O)N(C5CCC(=O)NC5=O)C6=O)CC4)cn3)CC2)cc1Cl. The zero-order valence-electron chi connectivity index (χ0n) is 30.5. The highest BCUT2D eigenvalue weighted by molar-refractivity contribution is 6.33. The molecule has 2 aromatic carbocycles. The van der Waals surface area contributed by atoms with E-state index in [2.05, 4.69) is 35.2 Å². The van der Waals surface area contributed by atoms with Crippen LogP contribution in [0.25, 0.3) is 4.85 Å². The third-order valence-corrected chi connectivity index (χ3v) is 11.1. The van der Waals surface area contributed by atoms with Crippen molar-refractivity contribution in [3.05, 3.63) is 82.3 Å². The van der Waals surface area contributed by atoms with E-state index in [4.69, 9.17) is 22.9 Å². The van der Waals surface area contributed by atoms with E-state index >= 15 is 0 Å². The van der Waals surface area contributed by atoms with Crippen LogP contribution in [0.4, 0.5) is 22.9 Å². The van der Waals surface area contributed by atoms with Crippen molar-refractivity contribution in [2.75, 3.05) is 67.5 Å². The smallest absolute Gasteiger partial charge is 0.262 e. The predicted molar refractivity (Wildman–Crippen MR) is 207 cm³/mol. The Labute approximate surface area is 324 Å². The van der Waals surface area contributed by atoms with Crippen LogP contribution in [0, 0.1) is 12.5 Å². The molecular formula is C40H43ClN8O6. The molecule has 0 radical (unpaired) electrons. The number of nitrogens with zero attached hydrogens (tertiary/aromatic N) is 6. The first-order valence-electron chi connectivity index (χ1n) is 18.8. The Bertz CT molecular complexity index is 2000. The first-order chi connectivity index (χ1) is 26.7. The van der Waals surface area contributed by atoms with Gasteiger partial charge in [-0.1, -0.05) is 17.7 Å². The van der Waals surface area contributed by atoms with E-state index in [1.807, 2.05) is 30.5 Å². The molecule has 0 aliphatic carbocycles. The minimum atomic E-state index is -0.992. The van der Waals surface area contributed by atoms with Crippen LogP contribution >= 0.6 is 11.6 Å². The lowest BCUT2D eigenvalue weighted by molar-refractivity contribution is -0.136. The summed E-state index contributed by atoms with van der Waals surface area (Å²) in [6, 6.07) is 13.1. The van der Waals surface area contributed by atoms with Crippen LogP contribution in [0.2, 0.25) is 5.02 Å². The zero-order valence-corrected chi connectivity index (χ0v) is 31.2. The van der Waals surface area contributed by atoms with E-state index in [-0.39, 0.29) is 35.8 Å². The van der Waals surface area contributed by atoms with Gasteiger partial charge < -0.3 is 19.9 Å². The van der Waals surface area contributed by atoms with Gasteiger partial charge in [-0.2, -0.15) is 0 Å². The summed E-state index contributed by atoms with van der Waals surface area (Å²) in [5.41, 5.74) is 2.89. The number of benzene rings is 2. The molecule has 1 unspecified atom stereocenters. The largest absolute Gasteiger partial charge is 0.494 e. The number of carbonyl (C=O) groups excluding carboxylic acids is 5. The average molecular weight is 767 g/mol. The highest BCUT2D eigenvalue weighted by Crippen LogP contribution is 2.33. The van der Waals surface area contributed by atoms with Gasteiger partial charge in [-0.25, -0.2) is 9.83 Å². The fourth-order valence-electron chi connectivity index (χ4n) is 7.63. The third kappa shape index (κ3) is 8.58. The number of piperazine rings is 1.